The number of carbonyl (C=O) groups excluding carboxylic acids is 1. The molecule has 0 aliphatic carbocycles. The molecule has 3 rings (SSSR count). The highest BCUT2D eigenvalue weighted by Gasteiger charge is 2.22. The van der Waals surface area contributed by atoms with Crippen LogP contribution in [0.5, 0.6) is 0 Å². The molecule has 4 nitrogen and oxygen atoms in total. The van der Waals surface area contributed by atoms with Crippen molar-refractivity contribution in [1.29, 1.82) is 0 Å². The normalized spacial score (nSPS) is 11.9. The Balaban J connectivity index is 1.80. The van der Waals surface area contributed by atoms with Gasteiger partial charge in [-0.3, -0.25) is 4.79 Å². The average Bonchev–Trinajstić information content (AvgIpc) is 2.62. The third-order valence-corrected chi connectivity index (χ3v) is 5.05. The van der Waals surface area contributed by atoms with Crippen LogP contribution in [-0.4, -0.2) is 23.0 Å². The van der Waals surface area contributed by atoms with E-state index >= 15 is 0 Å². The van der Waals surface area contributed by atoms with E-state index in [1.54, 1.807) is 12.1 Å². The molecular formula is C20H16INO3. The third-order valence-electron chi connectivity index (χ3n) is 4.00. The van der Waals surface area contributed by atoms with Crippen molar-refractivity contribution in [3.8, 4) is 0 Å². The molecule has 0 unspecified atom stereocenters. The Kier molecular flexibility index (Phi) is 5.33. The van der Waals surface area contributed by atoms with E-state index in [1.165, 1.54) is 0 Å². The number of hydrogen-bond acceptors (Lipinski definition) is 2. The van der Waals surface area contributed by atoms with Crippen molar-refractivity contribution in [2.45, 2.75) is 12.5 Å². The Hall–Kier alpha value is -2.41. The van der Waals surface area contributed by atoms with E-state index in [2.05, 4.69) is 27.9 Å². The summed E-state index contributed by atoms with van der Waals surface area (Å²) < 4.78 is 0.978. The van der Waals surface area contributed by atoms with Crippen LogP contribution in [0.1, 0.15) is 15.9 Å². The van der Waals surface area contributed by atoms with Crippen LogP contribution in [0.25, 0.3) is 10.8 Å². The Labute approximate surface area is 159 Å². The molecule has 0 spiro atoms. The second-order valence-electron chi connectivity index (χ2n) is 5.72. The summed E-state index contributed by atoms with van der Waals surface area (Å²) in [7, 11) is 0. The van der Waals surface area contributed by atoms with Crippen LogP contribution in [0.2, 0.25) is 0 Å². The van der Waals surface area contributed by atoms with Gasteiger partial charge in [0.2, 0.25) is 0 Å². The minimum absolute atomic E-state index is 0.244. The first-order valence-corrected chi connectivity index (χ1v) is 8.88. The largest absolute Gasteiger partial charge is 0.480 e. The van der Waals surface area contributed by atoms with Crippen molar-refractivity contribution < 1.29 is 14.7 Å². The van der Waals surface area contributed by atoms with Gasteiger partial charge in [-0.25, -0.2) is 4.79 Å². The lowest BCUT2D eigenvalue weighted by molar-refractivity contribution is -0.139. The molecule has 1 amide bonds. The molecule has 0 heterocycles. The molecule has 0 saturated heterocycles. The van der Waals surface area contributed by atoms with Crippen LogP contribution in [0, 0.1) is 3.57 Å². The number of carbonyl (C=O) groups is 2. The lowest BCUT2D eigenvalue weighted by Gasteiger charge is -2.16. The summed E-state index contributed by atoms with van der Waals surface area (Å²) in [5, 5.41) is 14.1. The van der Waals surface area contributed by atoms with E-state index in [1.807, 2.05) is 54.6 Å². The number of carboxylic acid groups (broad SMARTS) is 1. The first kappa shape index (κ1) is 17.4. The molecule has 0 bridgehead atoms. The zero-order chi connectivity index (χ0) is 17.8. The van der Waals surface area contributed by atoms with Crippen molar-refractivity contribution in [2.24, 2.45) is 0 Å². The Morgan fingerprint density at radius 2 is 1.64 bits per heavy atom. The number of fused-ring (bicyclic) bond motifs is 1. The SMILES string of the molecule is O=C(N[C@H](Cc1ccccc1I)C(=O)O)c1ccc2ccccc2c1. The van der Waals surface area contributed by atoms with E-state index in [9.17, 15) is 14.7 Å². The van der Waals surface area contributed by atoms with Crippen molar-refractivity contribution in [3.05, 3.63) is 81.4 Å². The van der Waals surface area contributed by atoms with E-state index in [0.717, 1.165) is 19.9 Å². The molecule has 25 heavy (non-hydrogen) atoms. The van der Waals surface area contributed by atoms with Crippen molar-refractivity contribution in [2.75, 3.05) is 0 Å². The van der Waals surface area contributed by atoms with Gasteiger partial charge in [-0.2, -0.15) is 0 Å². The van der Waals surface area contributed by atoms with Crippen LogP contribution in [0.15, 0.2) is 66.7 Å². The number of hydrogen-bond donors (Lipinski definition) is 2. The fourth-order valence-electron chi connectivity index (χ4n) is 2.66. The zero-order valence-electron chi connectivity index (χ0n) is 13.3. The number of aliphatic carboxylic acids is 1. The predicted molar refractivity (Wildman–Crippen MR) is 106 cm³/mol. The van der Waals surface area contributed by atoms with Crippen LogP contribution in [0.4, 0.5) is 0 Å². The molecule has 1 atom stereocenters. The number of carboxylic acids is 1. The second-order valence-corrected chi connectivity index (χ2v) is 6.88. The smallest absolute Gasteiger partial charge is 0.326 e. The molecule has 0 fully saturated rings. The van der Waals surface area contributed by atoms with E-state index < -0.39 is 12.0 Å². The number of amides is 1. The zero-order valence-corrected chi connectivity index (χ0v) is 15.4. The lowest BCUT2D eigenvalue weighted by Crippen LogP contribution is -2.42. The number of nitrogens with one attached hydrogen (secondary N) is 1. The first-order valence-electron chi connectivity index (χ1n) is 7.80. The Morgan fingerprint density at radius 3 is 2.36 bits per heavy atom. The Morgan fingerprint density at radius 1 is 0.960 bits per heavy atom. The van der Waals surface area contributed by atoms with Gasteiger partial charge in [-0.1, -0.05) is 48.5 Å². The summed E-state index contributed by atoms with van der Waals surface area (Å²) >= 11 is 2.17. The van der Waals surface area contributed by atoms with Gasteiger partial charge >= 0.3 is 5.97 Å². The second kappa shape index (κ2) is 7.65. The molecule has 0 aliphatic heterocycles. The highest BCUT2D eigenvalue weighted by Crippen LogP contribution is 2.17. The van der Waals surface area contributed by atoms with Crippen molar-refractivity contribution >= 4 is 45.2 Å². The molecule has 0 aromatic heterocycles. The summed E-state index contributed by atoms with van der Waals surface area (Å²) in [5.74, 6) is -1.43. The highest BCUT2D eigenvalue weighted by atomic mass is 127. The minimum Gasteiger partial charge on any atom is -0.480 e. The van der Waals surface area contributed by atoms with Crippen LogP contribution < -0.4 is 5.32 Å². The van der Waals surface area contributed by atoms with Crippen molar-refractivity contribution in [1.82, 2.24) is 5.32 Å². The van der Waals surface area contributed by atoms with Crippen LogP contribution in [-0.2, 0) is 11.2 Å². The predicted octanol–water partition coefficient (Wildman–Crippen LogP) is 3.87. The summed E-state index contributed by atoms with van der Waals surface area (Å²) in [5.41, 5.74) is 1.35. The molecule has 0 radical (unpaired) electrons. The van der Waals surface area contributed by atoms with Crippen molar-refractivity contribution in [3.63, 3.8) is 0 Å². The van der Waals surface area contributed by atoms with Gasteiger partial charge in [0.15, 0.2) is 0 Å². The fraction of sp³-hybridized carbons (Fsp3) is 0.100. The average molecular weight is 445 g/mol. The molecule has 0 saturated carbocycles. The van der Waals surface area contributed by atoms with Gasteiger partial charge in [0.05, 0.1) is 0 Å². The van der Waals surface area contributed by atoms with E-state index in [0.29, 0.717) is 5.56 Å². The monoisotopic (exact) mass is 445 g/mol. The fourth-order valence-corrected chi connectivity index (χ4v) is 3.26. The quantitative estimate of drug-likeness (QED) is 0.587. The molecule has 3 aromatic carbocycles. The molecular weight excluding hydrogens is 429 g/mol. The van der Waals surface area contributed by atoms with Gasteiger partial charge in [-0.05, 0) is 57.1 Å². The summed E-state index contributed by atoms with van der Waals surface area (Å²) in [6.07, 6.45) is 0.244. The molecule has 0 aliphatic rings. The summed E-state index contributed by atoms with van der Waals surface area (Å²) in [4.78, 5) is 24.1. The summed E-state index contributed by atoms with van der Waals surface area (Å²) in [6, 6.07) is 19.6. The van der Waals surface area contributed by atoms with E-state index in [-0.39, 0.29) is 12.3 Å². The van der Waals surface area contributed by atoms with Gasteiger partial charge in [-0.15, -0.1) is 0 Å². The molecule has 5 heteroatoms. The maximum Gasteiger partial charge on any atom is 0.326 e. The molecule has 3 aromatic rings. The standard InChI is InChI=1S/C20H16INO3/c21-17-8-4-3-7-15(17)12-18(20(24)25)22-19(23)16-10-9-13-5-1-2-6-14(13)11-16/h1-11,18H,12H2,(H,22,23)(H,24,25)/t18-/m1/s1. The van der Waals surface area contributed by atoms with Gasteiger partial charge in [0.1, 0.15) is 6.04 Å². The van der Waals surface area contributed by atoms with Crippen LogP contribution >= 0.6 is 22.6 Å². The first-order chi connectivity index (χ1) is 12.0. The summed E-state index contributed by atoms with van der Waals surface area (Å²) in [6.45, 7) is 0. The topological polar surface area (TPSA) is 66.4 Å². The highest BCUT2D eigenvalue weighted by molar-refractivity contribution is 14.1. The van der Waals surface area contributed by atoms with E-state index in [4.69, 9.17) is 0 Å². The third kappa shape index (κ3) is 4.17. The van der Waals surface area contributed by atoms with Gasteiger partial charge in [0, 0.05) is 15.6 Å². The molecule has 2 N–H and O–H groups in total. The minimum atomic E-state index is -1.05. The Bertz CT molecular complexity index is 939. The lowest BCUT2D eigenvalue weighted by atomic mass is 10.0. The maximum absolute atomic E-state index is 12.5. The van der Waals surface area contributed by atoms with Crippen LogP contribution in [0.3, 0.4) is 0 Å². The maximum atomic E-state index is 12.5. The molecule has 126 valence electrons. The number of benzene rings is 3. The van der Waals surface area contributed by atoms with Gasteiger partial charge < -0.3 is 10.4 Å². The number of halogens is 1. The number of rotatable bonds is 5. The van der Waals surface area contributed by atoms with Gasteiger partial charge in [0.25, 0.3) is 5.91 Å².